The summed E-state index contributed by atoms with van der Waals surface area (Å²) < 4.78 is 13.2. The highest BCUT2D eigenvalue weighted by Gasteiger charge is 2.12. The number of benzene rings is 1. The average molecular weight is 462 g/mol. The second-order valence-corrected chi connectivity index (χ2v) is 7.81. The van der Waals surface area contributed by atoms with Crippen LogP contribution in [0.1, 0.15) is 43.4 Å². The molecule has 0 aromatic heterocycles. The Kier molecular flexibility index (Phi) is 13.1. The van der Waals surface area contributed by atoms with Crippen LogP contribution in [0, 0.1) is 0 Å². The number of hydrogen-bond acceptors (Lipinski definition) is 7. The predicted molar refractivity (Wildman–Crippen MR) is 135 cm³/mol. The number of allylic oxidation sites excluding steroid dienone is 2. The van der Waals surface area contributed by atoms with Crippen molar-refractivity contribution in [2.75, 3.05) is 20.7 Å². The fraction of sp³-hybridized carbons (Fsp3) is 0.375. The number of rotatable bonds is 10. The minimum atomic E-state index is 0.151. The minimum absolute atomic E-state index is 0.151. The Morgan fingerprint density at radius 2 is 2.03 bits per heavy atom. The minimum Gasteiger partial charge on any atom is -0.391 e. The molecular formula is C24H36FN5OS. The number of likely N-dealkylation sites (N-methyl/N-ethyl adjacent to an activating group) is 1. The smallest absolute Gasteiger partial charge is 0.145 e. The number of halogens is 1. The van der Waals surface area contributed by atoms with E-state index >= 15 is 0 Å². The molecule has 2 rings (SSSR count). The lowest BCUT2D eigenvalue weighted by molar-refractivity contribution is 0.168. The van der Waals surface area contributed by atoms with Gasteiger partial charge in [0.2, 0.25) is 0 Å². The molecule has 1 aromatic rings. The van der Waals surface area contributed by atoms with Crippen LogP contribution < -0.4 is 16.7 Å². The van der Waals surface area contributed by atoms with E-state index in [4.69, 9.17) is 10.7 Å². The van der Waals surface area contributed by atoms with Gasteiger partial charge < -0.3 is 15.2 Å². The van der Waals surface area contributed by atoms with E-state index in [0.717, 1.165) is 24.1 Å². The molecule has 0 fully saturated rings. The topological polar surface area (TPSA) is 74.9 Å². The lowest BCUT2D eigenvalue weighted by atomic mass is 9.90. The van der Waals surface area contributed by atoms with Crippen molar-refractivity contribution in [2.45, 2.75) is 39.5 Å². The number of aryl methyl sites for hydroxylation is 2. The van der Waals surface area contributed by atoms with Gasteiger partial charge in [0, 0.05) is 36.5 Å². The number of nitrogens with zero attached hydrogens (tertiary/aromatic N) is 2. The van der Waals surface area contributed by atoms with Crippen molar-refractivity contribution < 1.29 is 8.72 Å². The van der Waals surface area contributed by atoms with Gasteiger partial charge in [-0.25, -0.2) is 0 Å². The van der Waals surface area contributed by atoms with Crippen molar-refractivity contribution in [3.05, 3.63) is 82.6 Å². The average Bonchev–Trinajstić information content (AvgIpc) is 2.84. The van der Waals surface area contributed by atoms with E-state index in [0.29, 0.717) is 16.2 Å². The van der Waals surface area contributed by atoms with Crippen LogP contribution in [0.5, 0.6) is 0 Å². The van der Waals surface area contributed by atoms with E-state index in [1.807, 2.05) is 13.8 Å². The predicted octanol–water partition coefficient (Wildman–Crippen LogP) is 4.93. The van der Waals surface area contributed by atoms with Gasteiger partial charge in [-0.05, 0) is 68.4 Å². The molecule has 0 amide bonds. The lowest BCUT2D eigenvalue weighted by Crippen LogP contribution is -2.35. The number of oxime groups is 1. The first-order valence-electron chi connectivity index (χ1n) is 10.5. The van der Waals surface area contributed by atoms with Crippen molar-refractivity contribution in [3.63, 3.8) is 0 Å². The van der Waals surface area contributed by atoms with E-state index in [1.165, 1.54) is 24.0 Å². The standard InChI is InChI=1S/C21H27FN2OS.C3H9N3/c1-5-8-21(26-22)20(16(3)23-4)14-25-24-15(2)18-12-11-17-9-6-7-10-19(17)13-18;1-3-6(2)5-4/h5,8,11-13,23H,3,6-7,9-10,14H2,1-2,4H3;3,5H,1,4H2,2H3/b8-5-,21-20+,24-15?;. The highest BCUT2D eigenvalue weighted by Crippen LogP contribution is 2.26. The lowest BCUT2D eigenvalue weighted by Gasteiger charge is -2.16. The molecule has 0 saturated carbocycles. The second-order valence-electron chi connectivity index (χ2n) is 7.21. The van der Waals surface area contributed by atoms with Crippen molar-refractivity contribution in [1.82, 2.24) is 15.9 Å². The van der Waals surface area contributed by atoms with Crippen LogP contribution in [0.2, 0.25) is 0 Å². The molecule has 8 heteroatoms. The molecular weight excluding hydrogens is 425 g/mol. The normalized spacial score (nSPS) is 14.0. The van der Waals surface area contributed by atoms with Crippen LogP contribution in [-0.2, 0) is 17.7 Å². The summed E-state index contributed by atoms with van der Waals surface area (Å²) in [5.74, 6) is 4.89. The highest BCUT2D eigenvalue weighted by molar-refractivity contribution is 7.98. The number of fused-ring (bicyclic) bond motifs is 1. The number of hydrazine groups is 2. The number of nitrogens with one attached hydrogen (secondary N) is 2. The van der Waals surface area contributed by atoms with Crippen molar-refractivity contribution in [2.24, 2.45) is 11.0 Å². The summed E-state index contributed by atoms with van der Waals surface area (Å²) in [4.78, 5) is 5.99. The molecule has 1 aliphatic carbocycles. The molecule has 0 saturated heterocycles. The summed E-state index contributed by atoms with van der Waals surface area (Å²) in [6.45, 7) is 11.3. The summed E-state index contributed by atoms with van der Waals surface area (Å²) in [6.07, 6.45) is 9.87. The van der Waals surface area contributed by atoms with Crippen LogP contribution in [0.15, 0.2) is 71.0 Å². The maximum absolute atomic E-state index is 13.2. The third-order valence-corrected chi connectivity index (χ3v) is 5.57. The SMILES string of the molecule is C=C(NC)/C(CON=C(C)c1ccc2c(c1)CCCC2)=C(\C=C/C)SF.C=CN(C)NN. The molecule has 6 nitrogen and oxygen atoms in total. The second kappa shape index (κ2) is 15.3. The van der Waals surface area contributed by atoms with Crippen LogP contribution in [0.3, 0.4) is 0 Å². The molecule has 0 unspecified atom stereocenters. The summed E-state index contributed by atoms with van der Waals surface area (Å²) in [6, 6.07) is 6.50. The molecule has 0 atom stereocenters. The zero-order chi connectivity index (χ0) is 23.9. The maximum Gasteiger partial charge on any atom is 0.145 e. The molecule has 0 spiro atoms. The van der Waals surface area contributed by atoms with E-state index in [-0.39, 0.29) is 18.8 Å². The summed E-state index contributed by atoms with van der Waals surface area (Å²) in [7, 11) is 3.51. The summed E-state index contributed by atoms with van der Waals surface area (Å²) in [5, 5.41) is 8.72. The van der Waals surface area contributed by atoms with Crippen molar-refractivity contribution in [1.29, 1.82) is 0 Å². The Labute approximate surface area is 196 Å². The van der Waals surface area contributed by atoms with Crippen LogP contribution in [0.25, 0.3) is 0 Å². The largest absolute Gasteiger partial charge is 0.391 e. The van der Waals surface area contributed by atoms with Gasteiger partial charge >= 0.3 is 0 Å². The third kappa shape index (κ3) is 8.90. The van der Waals surface area contributed by atoms with Crippen LogP contribution in [0.4, 0.5) is 3.89 Å². The first kappa shape index (κ1) is 27.5. The zero-order valence-corrected chi connectivity index (χ0v) is 20.4. The van der Waals surface area contributed by atoms with Crippen LogP contribution >= 0.6 is 12.1 Å². The van der Waals surface area contributed by atoms with Gasteiger partial charge in [-0.1, -0.05) is 36.5 Å². The fourth-order valence-electron chi connectivity index (χ4n) is 3.04. The molecule has 0 radical (unpaired) electrons. The highest BCUT2D eigenvalue weighted by atomic mass is 32.2. The Hall–Kier alpha value is -2.55. The Bertz CT molecular complexity index is 851. The Morgan fingerprint density at radius 1 is 1.34 bits per heavy atom. The molecule has 1 aliphatic rings. The first-order valence-corrected chi connectivity index (χ1v) is 11.2. The molecule has 0 bridgehead atoms. The van der Waals surface area contributed by atoms with Gasteiger partial charge in [0.05, 0.1) is 17.9 Å². The van der Waals surface area contributed by atoms with Crippen molar-refractivity contribution in [3.8, 4) is 0 Å². The van der Waals surface area contributed by atoms with Gasteiger partial charge in [0.1, 0.15) is 6.61 Å². The molecule has 1 aromatic carbocycles. The van der Waals surface area contributed by atoms with E-state index in [9.17, 15) is 3.89 Å². The quantitative estimate of drug-likeness (QED) is 0.199. The van der Waals surface area contributed by atoms with E-state index < -0.39 is 0 Å². The third-order valence-electron chi connectivity index (χ3n) is 5.02. The molecule has 0 aliphatic heterocycles. The number of hydrogen-bond donors (Lipinski definition) is 3. The fourth-order valence-corrected chi connectivity index (χ4v) is 3.50. The Balaban J connectivity index is 0.000000751. The van der Waals surface area contributed by atoms with Gasteiger partial charge in [-0.3, -0.25) is 5.84 Å². The summed E-state index contributed by atoms with van der Waals surface area (Å²) in [5.41, 5.74) is 8.34. The van der Waals surface area contributed by atoms with E-state index in [2.05, 4.69) is 47.4 Å². The monoisotopic (exact) mass is 461 g/mol. The Morgan fingerprint density at radius 3 is 2.56 bits per heavy atom. The molecule has 0 heterocycles. The van der Waals surface area contributed by atoms with Gasteiger partial charge in [-0.15, -0.1) is 0 Å². The number of nitrogens with two attached hydrogens (primary N) is 1. The summed E-state index contributed by atoms with van der Waals surface area (Å²) >= 11 is 0.180. The van der Waals surface area contributed by atoms with Gasteiger partial charge in [-0.2, -0.15) is 9.42 Å². The van der Waals surface area contributed by atoms with Crippen molar-refractivity contribution >= 4 is 17.9 Å². The molecule has 32 heavy (non-hydrogen) atoms. The van der Waals surface area contributed by atoms with Crippen LogP contribution in [-0.4, -0.2) is 31.4 Å². The first-order chi connectivity index (χ1) is 15.4. The zero-order valence-electron chi connectivity index (χ0n) is 19.6. The van der Waals surface area contributed by atoms with Gasteiger partial charge in [0.15, 0.2) is 0 Å². The maximum atomic E-state index is 13.2. The van der Waals surface area contributed by atoms with E-state index in [1.54, 1.807) is 37.5 Å². The molecule has 176 valence electrons. The molecule has 4 N–H and O–H groups in total. The van der Waals surface area contributed by atoms with Gasteiger partial charge in [0.25, 0.3) is 0 Å².